The van der Waals surface area contributed by atoms with Crippen LogP contribution in [0, 0.1) is 6.92 Å². The molecule has 0 saturated carbocycles. The Morgan fingerprint density at radius 2 is 2.17 bits per heavy atom. The van der Waals surface area contributed by atoms with Crippen LogP contribution >= 0.6 is 11.8 Å². The Kier molecular flexibility index (Phi) is 4.10. The van der Waals surface area contributed by atoms with Gasteiger partial charge in [0.15, 0.2) is 5.16 Å². The molecule has 0 saturated heterocycles. The van der Waals surface area contributed by atoms with Gasteiger partial charge in [-0.1, -0.05) is 30.3 Å². The number of aromatic amines is 1. The van der Waals surface area contributed by atoms with Crippen molar-refractivity contribution in [3.8, 4) is 0 Å². The molecule has 0 radical (unpaired) electrons. The molecule has 124 valence electrons. The second-order valence-corrected chi connectivity index (χ2v) is 7.08. The van der Waals surface area contributed by atoms with E-state index >= 15 is 0 Å². The number of fused-ring (bicyclic) bond motifs is 2. The van der Waals surface area contributed by atoms with Crippen molar-refractivity contribution in [3.63, 3.8) is 0 Å². The molecule has 0 atom stereocenters. The standard InChI is InChI=1S/C17H19N5OS/c1-11-6-5-7-12-15(11)18-13(19-16(12)23)10-24-17-21-20-14-8-3-2-4-9-22(14)17/h5-7H,2-4,8-10H2,1H3,(H,18,19,23). The minimum absolute atomic E-state index is 0.0839. The van der Waals surface area contributed by atoms with Crippen LogP contribution in [0.2, 0.25) is 0 Å². The van der Waals surface area contributed by atoms with Crippen molar-refractivity contribution in [1.82, 2.24) is 24.7 Å². The van der Waals surface area contributed by atoms with E-state index in [1.54, 1.807) is 11.8 Å². The summed E-state index contributed by atoms with van der Waals surface area (Å²) in [5.41, 5.74) is 1.71. The number of thioether (sulfide) groups is 1. The van der Waals surface area contributed by atoms with E-state index in [2.05, 4.69) is 24.7 Å². The summed E-state index contributed by atoms with van der Waals surface area (Å²) in [5, 5.41) is 10.2. The largest absolute Gasteiger partial charge is 0.309 e. The first-order valence-electron chi connectivity index (χ1n) is 8.26. The van der Waals surface area contributed by atoms with E-state index in [4.69, 9.17) is 0 Å². The predicted octanol–water partition coefficient (Wildman–Crippen LogP) is 2.84. The van der Waals surface area contributed by atoms with Gasteiger partial charge in [-0.05, 0) is 31.4 Å². The van der Waals surface area contributed by atoms with Crippen LogP contribution in [-0.4, -0.2) is 24.7 Å². The molecule has 0 bridgehead atoms. The summed E-state index contributed by atoms with van der Waals surface area (Å²) >= 11 is 1.58. The summed E-state index contributed by atoms with van der Waals surface area (Å²) in [6, 6.07) is 5.67. The van der Waals surface area contributed by atoms with Crippen LogP contribution in [0.5, 0.6) is 0 Å². The van der Waals surface area contributed by atoms with Gasteiger partial charge in [-0.15, -0.1) is 10.2 Å². The van der Waals surface area contributed by atoms with Gasteiger partial charge in [0.25, 0.3) is 5.56 Å². The smallest absolute Gasteiger partial charge is 0.258 e. The third-order valence-corrected chi connectivity index (χ3v) is 5.38. The number of nitrogens with zero attached hydrogens (tertiary/aromatic N) is 4. The molecular weight excluding hydrogens is 322 g/mol. The van der Waals surface area contributed by atoms with Crippen LogP contribution in [0.25, 0.3) is 10.9 Å². The topological polar surface area (TPSA) is 76.5 Å². The fourth-order valence-electron chi connectivity index (χ4n) is 3.12. The minimum atomic E-state index is -0.0839. The molecule has 0 amide bonds. The van der Waals surface area contributed by atoms with Crippen LogP contribution in [0.1, 0.15) is 36.5 Å². The maximum absolute atomic E-state index is 12.3. The number of para-hydroxylation sites is 1. The maximum Gasteiger partial charge on any atom is 0.258 e. The van der Waals surface area contributed by atoms with Crippen molar-refractivity contribution < 1.29 is 0 Å². The predicted molar refractivity (Wildman–Crippen MR) is 94.2 cm³/mol. The summed E-state index contributed by atoms with van der Waals surface area (Å²) in [5.74, 6) is 2.33. The minimum Gasteiger partial charge on any atom is -0.309 e. The van der Waals surface area contributed by atoms with Gasteiger partial charge in [-0.25, -0.2) is 4.98 Å². The Labute approximate surface area is 143 Å². The maximum atomic E-state index is 12.3. The monoisotopic (exact) mass is 341 g/mol. The first-order valence-corrected chi connectivity index (χ1v) is 9.24. The molecule has 24 heavy (non-hydrogen) atoms. The van der Waals surface area contributed by atoms with Crippen LogP contribution in [0.4, 0.5) is 0 Å². The highest BCUT2D eigenvalue weighted by Crippen LogP contribution is 2.24. The lowest BCUT2D eigenvalue weighted by atomic mass is 10.1. The molecule has 0 spiro atoms. The van der Waals surface area contributed by atoms with Gasteiger partial charge < -0.3 is 9.55 Å². The Bertz CT molecular complexity index is 946. The van der Waals surface area contributed by atoms with E-state index < -0.39 is 0 Å². The number of hydrogen-bond donors (Lipinski definition) is 1. The number of aromatic nitrogens is 5. The fourth-order valence-corrected chi connectivity index (χ4v) is 3.97. The molecule has 4 rings (SSSR count). The van der Waals surface area contributed by atoms with E-state index in [9.17, 15) is 4.79 Å². The lowest BCUT2D eigenvalue weighted by molar-refractivity contribution is 0.591. The summed E-state index contributed by atoms with van der Waals surface area (Å²) in [7, 11) is 0. The van der Waals surface area contributed by atoms with Gasteiger partial charge >= 0.3 is 0 Å². The van der Waals surface area contributed by atoms with Crippen molar-refractivity contribution >= 4 is 22.7 Å². The average Bonchev–Trinajstić information content (AvgIpc) is 2.81. The molecule has 0 unspecified atom stereocenters. The number of hydrogen-bond acceptors (Lipinski definition) is 5. The van der Waals surface area contributed by atoms with Crippen molar-refractivity contribution in [2.24, 2.45) is 0 Å². The van der Waals surface area contributed by atoms with E-state index in [0.29, 0.717) is 17.0 Å². The molecule has 7 heteroatoms. The lowest BCUT2D eigenvalue weighted by Gasteiger charge is -2.07. The molecule has 1 aliphatic heterocycles. The Balaban J connectivity index is 1.61. The van der Waals surface area contributed by atoms with E-state index in [0.717, 1.165) is 35.0 Å². The van der Waals surface area contributed by atoms with Crippen molar-refractivity contribution in [2.75, 3.05) is 0 Å². The van der Waals surface area contributed by atoms with Gasteiger partial charge in [0.05, 0.1) is 16.7 Å². The van der Waals surface area contributed by atoms with Crippen molar-refractivity contribution in [1.29, 1.82) is 0 Å². The molecule has 0 fully saturated rings. The van der Waals surface area contributed by atoms with Crippen LogP contribution in [-0.2, 0) is 18.7 Å². The zero-order valence-electron chi connectivity index (χ0n) is 13.6. The van der Waals surface area contributed by atoms with Gasteiger partial charge in [-0.3, -0.25) is 4.79 Å². The number of H-pyrrole nitrogens is 1. The summed E-state index contributed by atoms with van der Waals surface area (Å²) < 4.78 is 2.21. The Hall–Kier alpha value is -2.15. The lowest BCUT2D eigenvalue weighted by Crippen LogP contribution is -2.12. The third kappa shape index (κ3) is 2.84. The quantitative estimate of drug-likeness (QED) is 0.741. The third-order valence-electron chi connectivity index (χ3n) is 4.40. The zero-order valence-corrected chi connectivity index (χ0v) is 14.4. The number of nitrogens with one attached hydrogen (secondary N) is 1. The first-order chi connectivity index (χ1) is 11.7. The van der Waals surface area contributed by atoms with Crippen molar-refractivity contribution in [2.45, 2.75) is 50.1 Å². The first kappa shape index (κ1) is 15.4. The Morgan fingerprint density at radius 3 is 3.08 bits per heavy atom. The molecule has 3 aromatic rings. The number of aryl methyl sites for hydroxylation is 2. The van der Waals surface area contributed by atoms with Crippen LogP contribution in [0.3, 0.4) is 0 Å². The molecular formula is C17H19N5OS. The molecule has 3 heterocycles. The van der Waals surface area contributed by atoms with E-state index in [-0.39, 0.29) is 5.56 Å². The molecule has 6 nitrogen and oxygen atoms in total. The van der Waals surface area contributed by atoms with Gasteiger partial charge in [0.1, 0.15) is 11.6 Å². The molecule has 1 aromatic carbocycles. The highest BCUT2D eigenvalue weighted by atomic mass is 32.2. The molecule has 2 aromatic heterocycles. The van der Waals surface area contributed by atoms with Gasteiger partial charge in [-0.2, -0.15) is 0 Å². The van der Waals surface area contributed by atoms with E-state index in [1.807, 2.05) is 25.1 Å². The van der Waals surface area contributed by atoms with E-state index in [1.165, 1.54) is 19.3 Å². The van der Waals surface area contributed by atoms with Crippen molar-refractivity contribution in [3.05, 3.63) is 45.8 Å². The molecule has 1 aliphatic rings. The summed E-state index contributed by atoms with van der Waals surface area (Å²) in [6.07, 6.45) is 4.59. The SMILES string of the molecule is Cc1cccc2c(=O)[nH]c(CSc3nnc4n3CCCCC4)nc12. The highest BCUT2D eigenvalue weighted by molar-refractivity contribution is 7.98. The second kappa shape index (κ2) is 6.39. The fraction of sp³-hybridized carbons (Fsp3) is 0.412. The highest BCUT2D eigenvalue weighted by Gasteiger charge is 2.15. The Morgan fingerprint density at radius 1 is 1.25 bits per heavy atom. The zero-order chi connectivity index (χ0) is 16.5. The molecule has 1 N–H and O–H groups in total. The second-order valence-electron chi connectivity index (χ2n) is 6.13. The van der Waals surface area contributed by atoms with Gasteiger partial charge in [0, 0.05) is 13.0 Å². The van der Waals surface area contributed by atoms with Gasteiger partial charge in [0.2, 0.25) is 0 Å². The summed E-state index contributed by atoms with van der Waals surface area (Å²) in [6.45, 7) is 2.95. The average molecular weight is 341 g/mol. The number of rotatable bonds is 3. The van der Waals surface area contributed by atoms with Crippen LogP contribution < -0.4 is 5.56 Å². The summed E-state index contributed by atoms with van der Waals surface area (Å²) in [4.78, 5) is 19.8. The normalized spacial score (nSPS) is 14.5. The number of benzene rings is 1. The van der Waals surface area contributed by atoms with Crippen LogP contribution in [0.15, 0.2) is 28.2 Å². The molecule has 0 aliphatic carbocycles.